The van der Waals surface area contributed by atoms with Crippen molar-refractivity contribution in [1.29, 1.82) is 0 Å². The summed E-state index contributed by atoms with van der Waals surface area (Å²) in [6.07, 6.45) is 2.33. The molecule has 1 aromatic carbocycles. The Hall–Kier alpha value is -3.46. The number of nitrogens with zero attached hydrogens (tertiary/aromatic N) is 3. The highest BCUT2D eigenvalue weighted by atomic mass is 32.1. The number of benzene rings is 1. The Balaban J connectivity index is 1.18. The maximum atomic E-state index is 13.4. The second-order valence-electron chi connectivity index (χ2n) is 8.42. The van der Waals surface area contributed by atoms with Gasteiger partial charge in [0, 0.05) is 54.6 Å². The summed E-state index contributed by atoms with van der Waals surface area (Å²) in [4.78, 5) is 30.9. The number of hydrogen-bond donors (Lipinski definition) is 1. The highest BCUT2D eigenvalue weighted by molar-refractivity contribution is 7.10. The van der Waals surface area contributed by atoms with Crippen molar-refractivity contribution in [3.05, 3.63) is 64.6 Å². The fourth-order valence-corrected chi connectivity index (χ4v) is 5.71. The van der Waals surface area contributed by atoms with Crippen LogP contribution in [0.3, 0.4) is 0 Å². The molecular formula is C24H24N4O4S. The lowest BCUT2D eigenvalue weighted by atomic mass is 10.1. The van der Waals surface area contributed by atoms with Gasteiger partial charge in [0.15, 0.2) is 11.5 Å². The number of carbonyl (C=O) groups excluding carboxylic acids is 2. The molecule has 0 spiro atoms. The van der Waals surface area contributed by atoms with E-state index in [2.05, 4.69) is 28.2 Å². The van der Waals surface area contributed by atoms with Gasteiger partial charge in [0.1, 0.15) is 19.3 Å². The lowest BCUT2D eigenvalue weighted by molar-refractivity contribution is -0.117. The first-order chi connectivity index (χ1) is 16.2. The van der Waals surface area contributed by atoms with E-state index in [4.69, 9.17) is 9.47 Å². The molecule has 3 aliphatic rings. The predicted octanol–water partition coefficient (Wildman–Crippen LogP) is 3.24. The molecule has 6 rings (SSSR count). The van der Waals surface area contributed by atoms with Gasteiger partial charge in [-0.2, -0.15) is 0 Å². The number of anilines is 1. The maximum absolute atomic E-state index is 13.4. The SMILES string of the molecule is O=C1CC(NC(=O)N2CCn3cccc3C2c2cccs2)CN1c1ccc2c(c1)OCCO2. The number of urea groups is 1. The fourth-order valence-electron chi connectivity index (χ4n) is 4.86. The Kier molecular flexibility index (Phi) is 4.98. The highest BCUT2D eigenvalue weighted by Crippen LogP contribution is 2.36. The molecule has 2 atom stereocenters. The Morgan fingerprint density at radius 3 is 2.79 bits per heavy atom. The van der Waals surface area contributed by atoms with Crippen molar-refractivity contribution in [2.75, 3.05) is 31.2 Å². The van der Waals surface area contributed by atoms with Crippen LogP contribution >= 0.6 is 11.3 Å². The summed E-state index contributed by atoms with van der Waals surface area (Å²) in [7, 11) is 0. The molecule has 2 aromatic heterocycles. The number of nitrogens with one attached hydrogen (secondary N) is 1. The van der Waals surface area contributed by atoms with E-state index in [9.17, 15) is 9.59 Å². The van der Waals surface area contributed by atoms with Gasteiger partial charge in [-0.3, -0.25) is 4.79 Å². The Morgan fingerprint density at radius 2 is 1.94 bits per heavy atom. The number of hydrogen-bond acceptors (Lipinski definition) is 5. The summed E-state index contributed by atoms with van der Waals surface area (Å²) < 4.78 is 13.4. The molecule has 3 aromatic rings. The van der Waals surface area contributed by atoms with Crippen LogP contribution in [0.2, 0.25) is 0 Å². The van der Waals surface area contributed by atoms with Crippen LogP contribution in [0.15, 0.2) is 54.0 Å². The van der Waals surface area contributed by atoms with E-state index in [-0.39, 0.29) is 30.4 Å². The molecule has 1 fully saturated rings. The van der Waals surface area contributed by atoms with E-state index >= 15 is 0 Å². The van der Waals surface area contributed by atoms with Crippen LogP contribution in [0.25, 0.3) is 0 Å². The first kappa shape index (κ1) is 20.2. The van der Waals surface area contributed by atoms with Gasteiger partial charge in [0.25, 0.3) is 0 Å². The standard InChI is InChI=1S/C24H24N4O4S/c29-22-13-16(15-28(22)17-5-6-19-20(14-17)32-11-10-31-19)25-24(30)27-9-8-26-7-1-3-18(26)23(27)21-4-2-12-33-21/h1-7,12,14,16,23H,8-11,13,15H2,(H,25,30). The Bertz CT molecular complexity index is 1190. The number of thiophene rings is 1. The van der Waals surface area contributed by atoms with Gasteiger partial charge in [0.05, 0.1) is 6.04 Å². The first-order valence-corrected chi connectivity index (χ1v) is 12.0. The molecule has 0 radical (unpaired) electrons. The minimum atomic E-state index is -0.254. The molecule has 2 unspecified atom stereocenters. The fraction of sp³-hybridized carbons (Fsp3) is 0.333. The van der Waals surface area contributed by atoms with E-state index in [0.717, 1.165) is 22.8 Å². The third-order valence-corrected chi connectivity index (χ3v) is 7.33. The monoisotopic (exact) mass is 464 g/mol. The van der Waals surface area contributed by atoms with Crippen LogP contribution in [-0.4, -0.2) is 53.8 Å². The lowest BCUT2D eigenvalue weighted by Gasteiger charge is -2.37. The van der Waals surface area contributed by atoms with Gasteiger partial charge in [-0.15, -0.1) is 11.3 Å². The Morgan fingerprint density at radius 1 is 1.06 bits per heavy atom. The van der Waals surface area contributed by atoms with Crippen molar-refractivity contribution in [2.45, 2.75) is 25.0 Å². The summed E-state index contributed by atoms with van der Waals surface area (Å²) in [5.41, 5.74) is 1.87. The van der Waals surface area contributed by atoms with Crippen molar-refractivity contribution in [1.82, 2.24) is 14.8 Å². The molecule has 8 nitrogen and oxygen atoms in total. The number of carbonyl (C=O) groups is 2. The molecule has 3 amide bonds. The van der Waals surface area contributed by atoms with Crippen LogP contribution in [0.1, 0.15) is 23.0 Å². The normalized spacial score (nSPS) is 21.8. The summed E-state index contributed by atoms with van der Waals surface area (Å²) in [5, 5.41) is 5.16. The topological polar surface area (TPSA) is 76.0 Å². The largest absolute Gasteiger partial charge is 0.486 e. The molecule has 3 aliphatic heterocycles. The van der Waals surface area contributed by atoms with Gasteiger partial charge >= 0.3 is 6.03 Å². The molecule has 1 saturated heterocycles. The molecule has 1 N–H and O–H groups in total. The van der Waals surface area contributed by atoms with Crippen molar-refractivity contribution in [3.8, 4) is 11.5 Å². The van der Waals surface area contributed by atoms with Gasteiger partial charge in [0.2, 0.25) is 5.91 Å². The molecule has 0 aliphatic carbocycles. The zero-order chi connectivity index (χ0) is 22.4. The van der Waals surface area contributed by atoms with Crippen LogP contribution in [0.4, 0.5) is 10.5 Å². The average Bonchev–Trinajstić information content (AvgIpc) is 3.59. The van der Waals surface area contributed by atoms with E-state index in [1.807, 2.05) is 40.6 Å². The molecule has 170 valence electrons. The third kappa shape index (κ3) is 3.62. The van der Waals surface area contributed by atoms with Gasteiger partial charge < -0.3 is 29.2 Å². The van der Waals surface area contributed by atoms with Crippen molar-refractivity contribution in [2.24, 2.45) is 0 Å². The highest BCUT2D eigenvalue weighted by Gasteiger charge is 2.37. The molecule has 9 heteroatoms. The van der Waals surface area contributed by atoms with E-state index < -0.39 is 0 Å². The minimum Gasteiger partial charge on any atom is -0.486 e. The van der Waals surface area contributed by atoms with Crippen molar-refractivity contribution >= 4 is 29.0 Å². The molecular weight excluding hydrogens is 440 g/mol. The van der Waals surface area contributed by atoms with Crippen LogP contribution < -0.4 is 19.7 Å². The van der Waals surface area contributed by atoms with Gasteiger partial charge in [-0.25, -0.2) is 4.79 Å². The average molecular weight is 465 g/mol. The van der Waals surface area contributed by atoms with Gasteiger partial charge in [-0.1, -0.05) is 6.07 Å². The van der Waals surface area contributed by atoms with Crippen LogP contribution in [-0.2, 0) is 11.3 Å². The maximum Gasteiger partial charge on any atom is 0.318 e. The lowest BCUT2D eigenvalue weighted by Crippen LogP contribution is -2.50. The second kappa shape index (κ2) is 8.15. The number of ether oxygens (including phenoxy) is 2. The minimum absolute atomic E-state index is 0.0145. The van der Waals surface area contributed by atoms with Crippen molar-refractivity contribution < 1.29 is 19.1 Å². The van der Waals surface area contributed by atoms with Crippen molar-refractivity contribution in [3.63, 3.8) is 0 Å². The summed E-state index contributed by atoms with van der Waals surface area (Å²) in [6, 6.07) is 13.2. The zero-order valence-electron chi connectivity index (χ0n) is 18.0. The third-order valence-electron chi connectivity index (χ3n) is 6.40. The van der Waals surface area contributed by atoms with Crippen LogP contribution in [0, 0.1) is 0 Å². The number of aromatic nitrogens is 1. The van der Waals surface area contributed by atoms with E-state index in [1.54, 1.807) is 16.2 Å². The smallest absolute Gasteiger partial charge is 0.318 e. The zero-order valence-corrected chi connectivity index (χ0v) is 18.8. The molecule has 0 saturated carbocycles. The van der Waals surface area contributed by atoms with E-state index in [1.165, 1.54) is 0 Å². The predicted molar refractivity (Wildman–Crippen MR) is 124 cm³/mol. The summed E-state index contributed by atoms with van der Waals surface area (Å²) in [6.45, 7) is 2.82. The summed E-state index contributed by atoms with van der Waals surface area (Å²) in [5.74, 6) is 1.32. The molecule has 5 heterocycles. The van der Waals surface area contributed by atoms with Crippen LogP contribution in [0.5, 0.6) is 11.5 Å². The van der Waals surface area contributed by atoms with Gasteiger partial charge in [-0.05, 0) is 35.7 Å². The second-order valence-corrected chi connectivity index (χ2v) is 9.40. The number of amides is 3. The summed E-state index contributed by atoms with van der Waals surface area (Å²) >= 11 is 1.65. The quantitative estimate of drug-likeness (QED) is 0.646. The van der Waals surface area contributed by atoms with E-state index in [0.29, 0.717) is 37.8 Å². The molecule has 33 heavy (non-hydrogen) atoms. The first-order valence-electron chi connectivity index (χ1n) is 11.1. The number of fused-ring (bicyclic) bond motifs is 2. The Labute approximate surface area is 195 Å². The molecule has 0 bridgehead atoms. The number of rotatable bonds is 3.